The van der Waals surface area contributed by atoms with Gasteiger partial charge in [0.2, 0.25) is 35.4 Å². The lowest BCUT2D eigenvalue weighted by Crippen LogP contribution is -2.45. The number of carboxylic acid groups (broad SMARTS) is 3. The van der Waals surface area contributed by atoms with E-state index in [0.717, 1.165) is 44.9 Å². The topological polar surface area (TPSA) is 344 Å². The molecule has 0 aliphatic heterocycles. The number of unbranched alkanes of at least 4 members (excludes halogenated alkanes) is 15. The van der Waals surface area contributed by atoms with E-state index < -0.39 is 66.8 Å². The van der Waals surface area contributed by atoms with Crippen LogP contribution in [-0.4, -0.2) is 171 Å². The number of nitrogens with one attached hydrogen (secondary N) is 6. The van der Waals surface area contributed by atoms with Crippen LogP contribution in [0.1, 0.15) is 161 Å². The van der Waals surface area contributed by atoms with Gasteiger partial charge in [-0.3, -0.25) is 28.8 Å². The van der Waals surface area contributed by atoms with Gasteiger partial charge in [0, 0.05) is 51.9 Å². The summed E-state index contributed by atoms with van der Waals surface area (Å²) < 4.78 is 21.2. The first kappa shape index (κ1) is 67.0. The van der Waals surface area contributed by atoms with Gasteiger partial charge in [0.1, 0.15) is 31.3 Å². The number of aliphatic carboxylic acids is 3. The molecule has 0 saturated carbocycles. The van der Waals surface area contributed by atoms with Crippen LogP contribution in [0.4, 0.5) is 0 Å². The van der Waals surface area contributed by atoms with E-state index >= 15 is 0 Å². The van der Waals surface area contributed by atoms with Crippen molar-refractivity contribution >= 4 is 53.4 Å². The zero-order valence-corrected chi connectivity index (χ0v) is 42.8. The Morgan fingerprint density at radius 2 is 0.694 bits per heavy atom. The van der Waals surface area contributed by atoms with Crippen LogP contribution in [-0.2, 0) is 62.1 Å². The maximum absolute atomic E-state index is 12.4. The van der Waals surface area contributed by atoms with Crippen molar-refractivity contribution in [1.29, 1.82) is 0 Å². The second kappa shape index (κ2) is 47.1. The van der Waals surface area contributed by atoms with E-state index in [4.69, 9.17) is 24.1 Å². The average Bonchev–Trinajstić information content (AvgIpc) is 3.34. The predicted octanol–water partition coefficient (Wildman–Crippen LogP) is 2.48. The van der Waals surface area contributed by atoms with Gasteiger partial charge in [0.15, 0.2) is 0 Å². The summed E-state index contributed by atoms with van der Waals surface area (Å²) in [6, 6.07) is -3.95. The van der Waals surface area contributed by atoms with E-state index in [0.29, 0.717) is 19.6 Å². The van der Waals surface area contributed by atoms with E-state index in [9.17, 15) is 58.5 Å². The van der Waals surface area contributed by atoms with Gasteiger partial charge in [-0.05, 0) is 38.5 Å². The van der Waals surface area contributed by atoms with Crippen LogP contribution in [0.15, 0.2) is 0 Å². The maximum atomic E-state index is 12.4. The minimum absolute atomic E-state index is 0.0244. The summed E-state index contributed by atoms with van der Waals surface area (Å²) in [4.78, 5) is 108. The summed E-state index contributed by atoms with van der Waals surface area (Å²) in [5.74, 6) is -6.94. The molecule has 0 saturated heterocycles. The summed E-state index contributed by atoms with van der Waals surface area (Å²) in [6.45, 7) is 2.87. The Morgan fingerprint density at radius 1 is 0.361 bits per heavy atom. The lowest BCUT2D eigenvalue weighted by Gasteiger charge is -2.17. The van der Waals surface area contributed by atoms with Gasteiger partial charge in [0.05, 0.1) is 39.6 Å². The molecular weight excluding hydrogens is 945 g/mol. The average molecular weight is 1030 g/mol. The van der Waals surface area contributed by atoms with Crippen molar-refractivity contribution < 1.29 is 82.5 Å². The van der Waals surface area contributed by atoms with Crippen LogP contribution in [0.3, 0.4) is 0 Å². The number of rotatable bonds is 51. The number of amides is 6. The number of hydrogen-bond acceptors (Lipinski definition) is 14. The second-order valence-corrected chi connectivity index (χ2v) is 17.5. The number of aliphatic hydroxyl groups is 1. The highest BCUT2D eigenvalue weighted by molar-refractivity contribution is 5.87. The molecule has 0 rings (SSSR count). The number of carbonyl (C=O) groups excluding carboxylic acids is 6. The number of hydrogen-bond donors (Lipinski definition) is 10. The third-order valence-electron chi connectivity index (χ3n) is 11.1. The Morgan fingerprint density at radius 3 is 1.11 bits per heavy atom. The molecule has 0 spiro atoms. The van der Waals surface area contributed by atoms with E-state index in [1.807, 2.05) is 6.92 Å². The lowest BCUT2D eigenvalue weighted by molar-refractivity contribution is -0.144. The standard InChI is InChI=1S/C49H88N6O17/c1-2-3-26-50-41(57)23-20-39(48(65)66)54-44(60)25-22-40(49(67)68)55-46(62)37-72-35-33-70-31-28-52-45(61)36-71-34-32-69-30-27-51-42(58)24-21-38(47(63)64)53-43(59)19-17-15-13-11-9-7-5-4-6-8-10-12-14-16-18-29-56/h38-40,56H,2-37H2,1H3,(H,50,57)(H,51,58)(H,52,61)(H,53,59)(H,54,60)(H,55,62)(H,63,64)(H,65,66)(H,67,68)/t38-,39-,40-/m0/s1. The lowest BCUT2D eigenvalue weighted by atomic mass is 10.0. The SMILES string of the molecule is CCCCNC(=O)CC[C@H](NC(=O)CC[C@H](NC(=O)COCCOCCNC(=O)COCCOCCNC(=O)CC[C@H](NC(=O)CCCCCCCCCCCCCCCCCO)C(=O)O)C(=O)O)C(=O)O. The molecule has 10 N–H and O–H groups in total. The van der Waals surface area contributed by atoms with Crippen molar-refractivity contribution in [3.63, 3.8) is 0 Å². The summed E-state index contributed by atoms with van der Waals surface area (Å²) in [5, 5.41) is 52.2. The number of aliphatic hydroxyl groups excluding tert-OH is 1. The van der Waals surface area contributed by atoms with E-state index in [-0.39, 0.29) is 116 Å². The molecule has 0 bridgehead atoms. The van der Waals surface area contributed by atoms with Gasteiger partial charge in [-0.15, -0.1) is 0 Å². The molecule has 0 heterocycles. The molecule has 416 valence electrons. The molecule has 0 fully saturated rings. The summed E-state index contributed by atoms with van der Waals surface area (Å²) >= 11 is 0. The second-order valence-electron chi connectivity index (χ2n) is 17.5. The van der Waals surface area contributed by atoms with Crippen LogP contribution in [0, 0.1) is 0 Å². The van der Waals surface area contributed by atoms with Crippen molar-refractivity contribution in [2.24, 2.45) is 0 Å². The summed E-state index contributed by atoms with van der Waals surface area (Å²) in [5.41, 5.74) is 0. The number of ether oxygens (including phenoxy) is 4. The molecule has 0 aromatic carbocycles. The van der Waals surface area contributed by atoms with Gasteiger partial charge in [-0.1, -0.05) is 96.8 Å². The van der Waals surface area contributed by atoms with Crippen molar-refractivity contribution in [3.05, 3.63) is 0 Å². The molecular formula is C49H88N6O17. The maximum Gasteiger partial charge on any atom is 0.326 e. The Bertz CT molecular complexity index is 1520. The molecule has 0 unspecified atom stereocenters. The van der Waals surface area contributed by atoms with Gasteiger partial charge < -0.3 is 71.3 Å². The van der Waals surface area contributed by atoms with Gasteiger partial charge in [0.25, 0.3) is 0 Å². The van der Waals surface area contributed by atoms with Crippen LogP contribution >= 0.6 is 0 Å². The van der Waals surface area contributed by atoms with Gasteiger partial charge >= 0.3 is 17.9 Å². The molecule has 0 aliphatic carbocycles. The van der Waals surface area contributed by atoms with Crippen LogP contribution < -0.4 is 31.9 Å². The zero-order chi connectivity index (χ0) is 53.5. The summed E-state index contributed by atoms with van der Waals surface area (Å²) in [6.07, 6.45) is 17.8. The Kier molecular flexibility index (Phi) is 43.8. The van der Waals surface area contributed by atoms with Crippen molar-refractivity contribution in [2.45, 2.75) is 179 Å². The fourth-order valence-corrected chi connectivity index (χ4v) is 6.99. The minimum Gasteiger partial charge on any atom is -0.480 e. The number of carbonyl (C=O) groups is 9. The monoisotopic (exact) mass is 1030 g/mol. The van der Waals surface area contributed by atoms with Crippen molar-refractivity contribution in [3.8, 4) is 0 Å². The van der Waals surface area contributed by atoms with Crippen LogP contribution in [0.2, 0.25) is 0 Å². The van der Waals surface area contributed by atoms with Gasteiger partial charge in [-0.2, -0.15) is 0 Å². The first-order chi connectivity index (χ1) is 34.7. The molecule has 0 aromatic heterocycles. The van der Waals surface area contributed by atoms with Crippen LogP contribution in [0.5, 0.6) is 0 Å². The molecule has 72 heavy (non-hydrogen) atoms. The quantitative estimate of drug-likeness (QED) is 0.0391. The Labute approximate surface area is 425 Å². The largest absolute Gasteiger partial charge is 0.480 e. The van der Waals surface area contributed by atoms with Gasteiger partial charge in [-0.25, -0.2) is 14.4 Å². The number of carboxylic acids is 3. The summed E-state index contributed by atoms with van der Waals surface area (Å²) in [7, 11) is 0. The smallest absolute Gasteiger partial charge is 0.326 e. The molecule has 0 aromatic rings. The third-order valence-corrected chi connectivity index (χ3v) is 11.1. The highest BCUT2D eigenvalue weighted by atomic mass is 16.5. The molecule has 0 aliphatic rings. The zero-order valence-electron chi connectivity index (χ0n) is 42.8. The normalized spacial score (nSPS) is 12.2. The van der Waals surface area contributed by atoms with E-state index in [2.05, 4.69) is 31.9 Å². The Hall–Kier alpha value is -4.97. The Balaban J connectivity index is 3.91. The van der Waals surface area contributed by atoms with Crippen molar-refractivity contribution in [2.75, 3.05) is 79.1 Å². The highest BCUT2D eigenvalue weighted by Crippen LogP contribution is 2.14. The van der Waals surface area contributed by atoms with Crippen LogP contribution in [0.25, 0.3) is 0 Å². The first-order valence-corrected chi connectivity index (χ1v) is 26.0. The molecule has 0 radical (unpaired) electrons. The fourth-order valence-electron chi connectivity index (χ4n) is 6.99. The highest BCUT2D eigenvalue weighted by Gasteiger charge is 2.25. The first-order valence-electron chi connectivity index (χ1n) is 26.0. The molecule has 3 atom stereocenters. The molecule has 23 heteroatoms. The molecule has 6 amide bonds. The van der Waals surface area contributed by atoms with E-state index in [1.165, 1.54) is 57.8 Å². The fraction of sp³-hybridized carbons (Fsp3) is 0.816. The van der Waals surface area contributed by atoms with Crippen molar-refractivity contribution in [1.82, 2.24) is 31.9 Å². The molecule has 23 nitrogen and oxygen atoms in total. The van der Waals surface area contributed by atoms with E-state index in [1.54, 1.807) is 0 Å². The predicted molar refractivity (Wildman–Crippen MR) is 265 cm³/mol. The minimum atomic E-state index is -1.45. The third kappa shape index (κ3) is 42.7.